The summed E-state index contributed by atoms with van der Waals surface area (Å²) in [5.74, 6) is -0.137. The van der Waals surface area contributed by atoms with Crippen LogP contribution < -0.4 is 0 Å². The number of rotatable bonds is 5. The van der Waals surface area contributed by atoms with Crippen molar-refractivity contribution in [3.8, 4) is 0 Å². The average Bonchev–Trinajstić information content (AvgIpc) is 2.58. The minimum Gasteiger partial charge on any atom is -0.383 e. The number of hydrogen-bond donors (Lipinski definition) is 0. The molecule has 0 saturated heterocycles. The van der Waals surface area contributed by atoms with Crippen molar-refractivity contribution in [2.45, 2.75) is 13.5 Å². The van der Waals surface area contributed by atoms with Gasteiger partial charge in [-0.3, -0.25) is 4.79 Å². The molecule has 0 aliphatic rings. The van der Waals surface area contributed by atoms with E-state index in [1.54, 1.807) is 21.9 Å². The first-order valence-electron chi connectivity index (χ1n) is 4.96. The van der Waals surface area contributed by atoms with Crippen molar-refractivity contribution < 1.29 is 4.79 Å². The zero-order valence-corrected chi connectivity index (χ0v) is 9.84. The number of allylic oxidation sites excluding steroid dienone is 2. The van der Waals surface area contributed by atoms with Crippen LogP contribution in [0.5, 0.6) is 0 Å². The Labute approximate surface area is 95.1 Å². The molecule has 0 aromatic carbocycles. The standard InChI is InChI=1S/C11H16N4O/c1-5-7-15-9(2)11(12-13-15)10(16)6-8-14(3)4/h5-6,8H,1,7H2,2-4H3. The summed E-state index contributed by atoms with van der Waals surface area (Å²) in [4.78, 5) is 13.5. The van der Waals surface area contributed by atoms with Crippen molar-refractivity contribution in [2.24, 2.45) is 0 Å². The van der Waals surface area contributed by atoms with Crippen LogP contribution in [0.3, 0.4) is 0 Å². The van der Waals surface area contributed by atoms with Crippen LogP contribution in [0.4, 0.5) is 0 Å². The minimum absolute atomic E-state index is 0.137. The van der Waals surface area contributed by atoms with E-state index in [4.69, 9.17) is 0 Å². The summed E-state index contributed by atoms with van der Waals surface area (Å²) >= 11 is 0. The molecular formula is C11H16N4O. The zero-order valence-electron chi connectivity index (χ0n) is 9.84. The van der Waals surface area contributed by atoms with Crippen LogP contribution in [-0.4, -0.2) is 39.8 Å². The molecule has 0 N–H and O–H groups in total. The molecule has 0 aliphatic carbocycles. The molecule has 0 radical (unpaired) electrons. The number of aromatic nitrogens is 3. The second-order valence-corrected chi connectivity index (χ2v) is 3.64. The van der Waals surface area contributed by atoms with E-state index in [-0.39, 0.29) is 5.78 Å². The van der Waals surface area contributed by atoms with Gasteiger partial charge in [0.1, 0.15) is 0 Å². The highest BCUT2D eigenvalue weighted by Crippen LogP contribution is 2.05. The summed E-state index contributed by atoms with van der Waals surface area (Å²) < 4.78 is 1.64. The van der Waals surface area contributed by atoms with Gasteiger partial charge in [-0.15, -0.1) is 11.7 Å². The Hall–Kier alpha value is -1.91. The lowest BCUT2D eigenvalue weighted by Gasteiger charge is -2.02. The number of nitrogens with zero attached hydrogens (tertiary/aromatic N) is 4. The van der Waals surface area contributed by atoms with Gasteiger partial charge in [0.25, 0.3) is 0 Å². The molecule has 0 spiro atoms. The topological polar surface area (TPSA) is 51.0 Å². The van der Waals surface area contributed by atoms with Crippen LogP contribution in [-0.2, 0) is 6.54 Å². The van der Waals surface area contributed by atoms with E-state index in [9.17, 15) is 4.79 Å². The van der Waals surface area contributed by atoms with Gasteiger partial charge in [-0.2, -0.15) is 0 Å². The van der Waals surface area contributed by atoms with Gasteiger partial charge in [-0.1, -0.05) is 11.3 Å². The largest absolute Gasteiger partial charge is 0.383 e. The molecule has 86 valence electrons. The molecule has 0 saturated carbocycles. The summed E-state index contributed by atoms with van der Waals surface area (Å²) in [5.41, 5.74) is 1.15. The molecule has 1 aromatic rings. The monoisotopic (exact) mass is 220 g/mol. The zero-order chi connectivity index (χ0) is 12.1. The van der Waals surface area contributed by atoms with Crippen molar-refractivity contribution in [1.82, 2.24) is 19.9 Å². The number of hydrogen-bond acceptors (Lipinski definition) is 4. The lowest BCUT2D eigenvalue weighted by atomic mass is 10.2. The maximum Gasteiger partial charge on any atom is 0.209 e. The second kappa shape index (κ2) is 5.25. The Morgan fingerprint density at radius 3 is 2.81 bits per heavy atom. The van der Waals surface area contributed by atoms with Crippen LogP contribution in [0.25, 0.3) is 0 Å². The third-order valence-corrected chi connectivity index (χ3v) is 2.04. The molecule has 1 rings (SSSR count). The van der Waals surface area contributed by atoms with Gasteiger partial charge in [0.15, 0.2) is 5.69 Å². The predicted octanol–water partition coefficient (Wildman–Crippen LogP) is 1.03. The quantitative estimate of drug-likeness (QED) is 0.422. The fourth-order valence-electron chi connectivity index (χ4n) is 1.18. The lowest BCUT2D eigenvalue weighted by molar-refractivity contribution is 0.104. The van der Waals surface area contributed by atoms with E-state index in [2.05, 4.69) is 16.9 Å². The Morgan fingerprint density at radius 2 is 2.25 bits per heavy atom. The van der Waals surface area contributed by atoms with Crippen molar-refractivity contribution in [2.75, 3.05) is 14.1 Å². The summed E-state index contributed by atoms with van der Waals surface area (Å²) in [7, 11) is 3.70. The fraction of sp³-hybridized carbons (Fsp3) is 0.364. The fourth-order valence-corrected chi connectivity index (χ4v) is 1.18. The molecule has 16 heavy (non-hydrogen) atoms. The molecule has 0 atom stereocenters. The molecule has 0 fully saturated rings. The van der Waals surface area contributed by atoms with E-state index in [0.717, 1.165) is 5.69 Å². The second-order valence-electron chi connectivity index (χ2n) is 3.64. The van der Waals surface area contributed by atoms with Gasteiger partial charge in [0.05, 0.1) is 12.2 Å². The molecular weight excluding hydrogens is 204 g/mol. The Balaban J connectivity index is 2.88. The normalized spacial score (nSPS) is 10.7. The smallest absolute Gasteiger partial charge is 0.209 e. The van der Waals surface area contributed by atoms with Crippen LogP contribution in [0.1, 0.15) is 16.2 Å². The molecule has 0 bridgehead atoms. The molecule has 1 aromatic heterocycles. The first-order valence-corrected chi connectivity index (χ1v) is 4.96. The van der Waals surface area contributed by atoms with Crippen LogP contribution in [0.15, 0.2) is 24.9 Å². The number of carbonyl (C=O) groups excluding carboxylic acids is 1. The highest BCUT2D eigenvalue weighted by molar-refractivity contribution is 6.03. The van der Waals surface area contributed by atoms with E-state index in [1.165, 1.54) is 6.08 Å². The van der Waals surface area contributed by atoms with Crippen molar-refractivity contribution >= 4 is 5.78 Å². The Bertz CT molecular complexity index is 418. The predicted molar refractivity (Wildman–Crippen MR) is 62.1 cm³/mol. The molecule has 0 aliphatic heterocycles. The third kappa shape index (κ3) is 2.79. The molecule has 5 nitrogen and oxygen atoms in total. The highest BCUT2D eigenvalue weighted by atomic mass is 16.1. The van der Waals surface area contributed by atoms with Crippen LogP contribution >= 0.6 is 0 Å². The molecule has 0 amide bonds. The first kappa shape index (κ1) is 12.2. The van der Waals surface area contributed by atoms with Gasteiger partial charge >= 0.3 is 0 Å². The van der Waals surface area contributed by atoms with Crippen molar-refractivity contribution in [3.63, 3.8) is 0 Å². The van der Waals surface area contributed by atoms with Crippen molar-refractivity contribution in [1.29, 1.82) is 0 Å². The number of carbonyl (C=O) groups is 1. The summed E-state index contributed by atoms with van der Waals surface area (Å²) in [5, 5.41) is 7.74. The van der Waals surface area contributed by atoms with E-state index in [0.29, 0.717) is 12.2 Å². The van der Waals surface area contributed by atoms with Gasteiger partial charge < -0.3 is 4.90 Å². The van der Waals surface area contributed by atoms with Gasteiger partial charge in [-0.25, -0.2) is 4.68 Å². The van der Waals surface area contributed by atoms with Crippen molar-refractivity contribution in [3.05, 3.63) is 36.3 Å². The maximum absolute atomic E-state index is 11.7. The van der Waals surface area contributed by atoms with Crippen LogP contribution in [0.2, 0.25) is 0 Å². The van der Waals surface area contributed by atoms with Gasteiger partial charge in [-0.05, 0) is 6.92 Å². The van der Waals surface area contributed by atoms with Gasteiger partial charge in [0.2, 0.25) is 5.78 Å². The van der Waals surface area contributed by atoms with E-state index < -0.39 is 0 Å². The minimum atomic E-state index is -0.137. The highest BCUT2D eigenvalue weighted by Gasteiger charge is 2.13. The van der Waals surface area contributed by atoms with E-state index >= 15 is 0 Å². The Kier molecular flexibility index (Phi) is 3.99. The summed E-state index contributed by atoms with van der Waals surface area (Å²) in [6.07, 6.45) is 4.88. The SMILES string of the molecule is C=CCn1nnc(C(=O)C=CN(C)C)c1C. The summed E-state index contributed by atoms with van der Waals surface area (Å²) in [6, 6.07) is 0. The lowest BCUT2D eigenvalue weighted by Crippen LogP contribution is -2.05. The molecule has 0 unspecified atom stereocenters. The maximum atomic E-state index is 11.7. The third-order valence-electron chi connectivity index (χ3n) is 2.04. The Morgan fingerprint density at radius 1 is 1.56 bits per heavy atom. The number of ketones is 1. The average molecular weight is 220 g/mol. The first-order chi connectivity index (χ1) is 7.56. The van der Waals surface area contributed by atoms with Gasteiger partial charge in [0, 0.05) is 26.4 Å². The van der Waals surface area contributed by atoms with Crippen LogP contribution in [0, 0.1) is 6.92 Å². The summed E-state index contributed by atoms with van der Waals surface area (Å²) in [6.45, 7) is 6.00. The van der Waals surface area contributed by atoms with E-state index in [1.807, 2.05) is 21.0 Å². The molecule has 1 heterocycles. The molecule has 5 heteroatoms.